The Labute approximate surface area is 168 Å². The lowest BCUT2D eigenvalue weighted by molar-refractivity contribution is 0.576. The van der Waals surface area contributed by atoms with Crippen molar-refractivity contribution in [3.63, 3.8) is 0 Å². The second kappa shape index (κ2) is 12.5. The molecule has 0 saturated carbocycles. The molecule has 1 atom stereocenters. The highest BCUT2D eigenvalue weighted by molar-refractivity contribution is 5.64. The zero-order chi connectivity index (χ0) is 20.2. The van der Waals surface area contributed by atoms with E-state index in [1.54, 1.807) is 0 Å². The summed E-state index contributed by atoms with van der Waals surface area (Å²) in [7, 11) is 0. The number of hydrogen-bond donors (Lipinski definition) is 0. The van der Waals surface area contributed by atoms with E-state index in [2.05, 4.69) is 96.7 Å². The summed E-state index contributed by atoms with van der Waals surface area (Å²) in [6, 6.07) is 17.7. The summed E-state index contributed by atoms with van der Waals surface area (Å²) in [4.78, 5) is 0. The van der Waals surface area contributed by atoms with Gasteiger partial charge in [0, 0.05) is 5.92 Å². The number of allylic oxidation sites excluding steroid dienone is 1. The SMILES string of the molecule is C=C(C)C(CCCC)c1ccc(-c2ccc(C)cc2)cc1.CCCC(C)C. The van der Waals surface area contributed by atoms with Gasteiger partial charge in [0.2, 0.25) is 0 Å². The molecule has 0 heterocycles. The molecule has 0 heteroatoms. The molecule has 0 saturated heterocycles. The molecule has 2 rings (SSSR count). The van der Waals surface area contributed by atoms with Gasteiger partial charge in [0.1, 0.15) is 0 Å². The van der Waals surface area contributed by atoms with Crippen LogP contribution in [0.3, 0.4) is 0 Å². The highest BCUT2D eigenvalue weighted by atomic mass is 14.2. The minimum atomic E-state index is 0.497. The van der Waals surface area contributed by atoms with E-state index in [4.69, 9.17) is 0 Å². The fourth-order valence-electron chi connectivity index (χ4n) is 3.34. The number of aryl methyl sites for hydroxylation is 1. The van der Waals surface area contributed by atoms with Crippen LogP contribution in [-0.4, -0.2) is 0 Å². The van der Waals surface area contributed by atoms with E-state index >= 15 is 0 Å². The van der Waals surface area contributed by atoms with Crippen LogP contribution in [0.1, 0.15) is 83.8 Å². The van der Waals surface area contributed by atoms with Gasteiger partial charge in [-0.2, -0.15) is 0 Å². The van der Waals surface area contributed by atoms with Crippen LogP contribution in [0, 0.1) is 12.8 Å². The second-order valence-corrected chi connectivity index (χ2v) is 8.21. The highest BCUT2D eigenvalue weighted by Gasteiger charge is 2.11. The Balaban J connectivity index is 0.000000527. The Bertz CT molecular complexity index is 643. The van der Waals surface area contributed by atoms with Gasteiger partial charge in [-0.25, -0.2) is 0 Å². The van der Waals surface area contributed by atoms with Crippen LogP contribution < -0.4 is 0 Å². The fraction of sp³-hybridized carbons (Fsp3) is 0.481. The van der Waals surface area contributed by atoms with Gasteiger partial charge in [-0.1, -0.05) is 120 Å². The maximum atomic E-state index is 4.18. The Morgan fingerprint density at radius 1 is 0.815 bits per heavy atom. The summed E-state index contributed by atoms with van der Waals surface area (Å²) in [6.45, 7) is 17.4. The van der Waals surface area contributed by atoms with Gasteiger partial charge >= 0.3 is 0 Å². The molecule has 27 heavy (non-hydrogen) atoms. The van der Waals surface area contributed by atoms with Gasteiger partial charge < -0.3 is 0 Å². The van der Waals surface area contributed by atoms with Crippen LogP contribution in [-0.2, 0) is 0 Å². The average molecular weight is 365 g/mol. The Morgan fingerprint density at radius 2 is 1.33 bits per heavy atom. The van der Waals surface area contributed by atoms with Gasteiger partial charge in [-0.3, -0.25) is 0 Å². The summed E-state index contributed by atoms with van der Waals surface area (Å²) in [5, 5.41) is 0. The largest absolute Gasteiger partial charge is 0.0995 e. The monoisotopic (exact) mass is 364 g/mol. The van der Waals surface area contributed by atoms with Crippen molar-refractivity contribution in [2.45, 2.75) is 79.6 Å². The van der Waals surface area contributed by atoms with Crippen molar-refractivity contribution < 1.29 is 0 Å². The fourth-order valence-corrected chi connectivity index (χ4v) is 3.34. The quantitative estimate of drug-likeness (QED) is 0.410. The van der Waals surface area contributed by atoms with Crippen LogP contribution >= 0.6 is 0 Å². The van der Waals surface area contributed by atoms with Crippen molar-refractivity contribution in [3.8, 4) is 11.1 Å². The predicted octanol–water partition coefficient (Wildman–Crippen LogP) is 8.95. The summed E-state index contributed by atoms with van der Waals surface area (Å²) >= 11 is 0. The molecule has 0 aliphatic heterocycles. The normalized spacial score (nSPS) is 11.7. The van der Waals surface area contributed by atoms with Crippen LogP contribution in [0.5, 0.6) is 0 Å². The molecular weight excluding hydrogens is 324 g/mol. The van der Waals surface area contributed by atoms with Crippen molar-refractivity contribution in [1.29, 1.82) is 0 Å². The lowest BCUT2D eigenvalue weighted by Crippen LogP contribution is -1.99. The third kappa shape index (κ3) is 8.61. The van der Waals surface area contributed by atoms with Crippen LogP contribution in [0.15, 0.2) is 60.7 Å². The van der Waals surface area contributed by atoms with Crippen LogP contribution in [0.4, 0.5) is 0 Å². The Hall–Kier alpha value is -1.82. The number of hydrogen-bond acceptors (Lipinski definition) is 0. The van der Waals surface area contributed by atoms with Gasteiger partial charge in [0.25, 0.3) is 0 Å². The first-order chi connectivity index (χ1) is 12.9. The molecule has 2 aromatic rings. The van der Waals surface area contributed by atoms with E-state index in [1.807, 2.05) is 0 Å². The maximum absolute atomic E-state index is 4.18. The summed E-state index contributed by atoms with van der Waals surface area (Å²) in [5.41, 5.74) is 6.54. The smallest absolute Gasteiger partial charge is 0.00427 e. The van der Waals surface area contributed by atoms with Crippen molar-refractivity contribution in [1.82, 2.24) is 0 Å². The minimum Gasteiger partial charge on any atom is -0.0995 e. The van der Waals surface area contributed by atoms with E-state index in [0.29, 0.717) is 5.92 Å². The zero-order valence-electron chi connectivity index (χ0n) is 18.5. The third-order valence-corrected chi connectivity index (χ3v) is 5.01. The molecule has 0 radical (unpaired) electrons. The van der Waals surface area contributed by atoms with Crippen molar-refractivity contribution in [3.05, 3.63) is 71.8 Å². The second-order valence-electron chi connectivity index (χ2n) is 8.21. The molecule has 0 nitrogen and oxygen atoms in total. The Morgan fingerprint density at radius 3 is 1.70 bits per heavy atom. The van der Waals surface area contributed by atoms with Gasteiger partial charge in [-0.15, -0.1) is 0 Å². The van der Waals surface area contributed by atoms with E-state index in [9.17, 15) is 0 Å². The molecule has 0 aliphatic carbocycles. The molecule has 1 unspecified atom stereocenters. The first kappa shape index (κ1) is 23.2. The van der Waals surface area contributed by atoms with Crippen molar-refractivity contribution in [2.24, 2.45) is 5.92 Å². The van der Waals surface area contributed by atoms with Crippen molar-refractivity contribution >= 4 is 0 Å². The van der Waals surface area contributed by atoms with E-state index in [0.717, 1.165) is 5.92 Å². The average Bonchev–Trinajstić information content (AvgIpc) is 2.63. The zero-order valence-corrected chi connectivity index (χ0v) is 18.5. The molecule has 0 aromatic heterocycles. The third-order valence-electron chi connectivity index (χ3n) is 5.01. The van der Waals surface area contributed by atoms with Gasteiger partial charge in [0.05, 0.1) is 0 Å². The number of benzene rings is 2. The van der Waals surface area contributed by atoms with Gasteiger partial charge in [0.15, 0.2) is 0 Å². The highest BCUT2D eigenvalue weighted by Crippen LogP contribution is 2.30. The number of rotatable bonds is 8. The maximum Gasteiger partial charge on any atom is 0.00427 e. The molecule has 0 bridgehead atoms. The van der Waals surface area contributed by atoms with Crippen LogP contribution in [0.25, 0.3) is 11.1 Å². The molecule has 0 aliphatic rings. The molecule has 148 valence electrons. The first-order valence-electron chi connectivity index (χ1n) is 10.7. The van der Waals surface area contributed by atoms with E-state index in [1.165, 1.54) is 59.9 Å². The molecule has 2 aromatic carbocycles. The Kier molecular flexibility index (Phi) is 10.8. The number of unbranched alkanes of at least 4 members (excludes halogenated alkanes) is 1. The molecule has 0 fully saturated rings. The van der Waals surface area contributed by atoms with Crippen molar-refractivity contribution in [2.75, 3.05) is 0 Å². The molecular formula is C27H40. The summed E-state index contributed by atoms with van der Waals surface area (Å²) in [5.74, 6) is 1.40. The standard InChI is InChI=1S/C21H26.C6H14/c1-5-6-7-21(16(2)3)20-14-12-19(13-15-20)18-10-8-17(4)9-11-18;1-4-5-6(2)3/h8-15,21H,2,5-7H2,1,3-4H3;6H,4-5H2,1-3H3. The van der Waals surface area contributed by atoms with E-state index in [-0.39, 0.29) is 0 Å². The predicted molar refractivity (Wildman–Crippen MR) is 123 cm³/mol. The van der Waals surface area contributed by atoms with Gasteiger partial charge in [-0.05, 0) is 42.9 Å². The minimum absolute atomic E-state index is 0.497. The first-order valence-corrected chi connectivity index (χ1v) is 10.7. The molecule has 0 spiro atoms. The topological polar surface area (TPSA) is 0 Å². The van der Waals surface area contributed by atoms with E-state index < -0.39 is 0 Å². The molecule has 0 amide bonds. The summed E-state index contributed by atoms with van der Waals surface area (Å²) < 4.78 is 0. The lowest BCUT2D eigenvalue weighted by atomic mass is 9.87. The van der Waals surface area contributed by atoms with Crippen LogP contribution in [0.2, 0.25) is 0 Å². The summed E-state index contributed by atoms with van der Waals surface area (Å²) in [6.07, 6.45) is 6.41. The lowest BCUT2D eigenvalue weighted by Gasteiger charge is -2.17. The molecule has 0 N–H and O–H groups in total.